The van der Waals surface area contributed by atoms with Crippen LogP contribution in [-0.4, -0.2) is 5.91 Å². The molecule has 2 aromatic heterocycles. The lowest BCUT2D eigenvalue weighted by atomic mass is 10.2. The average molecular weight is 456 g/mol. The van der Waals surface area contributed by atoms with Gasteiger partial charge in [-0.15, -0.1) is 11.3 Å². The van der Waals surface area contributed by atoms with Crippen LogP contribution >= 0.6 is 27.3 Å². The van der Waals surface area contributed by atoms with Gasteiger partial charge in [-0.3, -0.25) is 9.69 Å². The van der Waals surface area contributed by atoms with Gasteiger partial charge in [-0.2, -0.15) is 0 Å². The van der Waals surface area contributed by atoms with Gasteiger partial charge < -0.3 is 4.42 Å². The Balaban J connectivity index is 1.66. The summed E-state index contributed by atoms with van der Waals surface area (Å²) >= 11 is 5.11. The summed E-state index contributed by atoms with van der Waals surface area (Å²) in [5, 5.41) is 0. The molecule has 0 bridgehead atoms. The second-order valence-electron chi connectivity index (χ2n) is 6.09. The molecule has 28 heavy (non-hydrogen) atoms. The number of para-hydroxylation sites is 1. The van der Waals surface area contributed by atoms with Gasteiger partial charge in [0.15, 0.2) is 5.76 Å². The van der Waals surface area contributed by atoms with E-state index < -0.39 is 0 Å². The molecule has 0 saturated carbocycles. The van der Waals surface area contributed by atoms with Gasteiger partial charge >= 0.3 is 0 Å². The smallest absolute Gasteiger partial charge is 0.294 e. The zero-order valence-corrected chi connectivity index (χ0v) is 17.0. The quantitative estimate of drug-likeness (QED) is 0.333. The monoisotopic (exact) mass is 455 g/mol. The maximum absolute atomic E-state index is 13.2. The van der Waals surface area contributed by atoms with E-state index in [-0.39, 0.29) is 17.5 Å². The van der Waals surface area contributed by atoms with E-state index in [0.29, 0.717) is 6.54 Å². The van der Waals surface area contributed by atoms with Crippen LogP contribution in [0.2, 0.25) is 0 Å². The highest BCUT2D eigenvalue weighted by Crippen LogP contribution is 2.33. The third-order valence-corrected chi connectivity index (χ3v) is 6.01. The summed E-state index contributed by atoms with van der Waals surface area (Å²) in [5.74, 6) is -0.190. The van der Waals surface area contributed by atoms with E-state index in [9.17, 15) is 9.18 Å². The van der Waals surface area contributed by atoms with E-state index in [1.54, 1.807) is 40.5 Å². The summed E-state index contributed by atoms with van der Waals surface area (Å²) in [7, 11) is 0. The molecule has 0 N–H and O–H groups in total. The highest BCUT2D eigenvalue weighted by atomic mass is 79.9. The van der Waals surface area contributed by atoms with E-state index in [0.717, 1.165) is 25.5 Å². The minimum atomic E-state index is -0.260. The van der Waals surface area contributed by atoms with Crippen LogP contribution in [0, 0.1) is 5.82 Å². The predicted molar refractivity (Wildman–Crippen MR) is 113 cm³/mol. The Kier molecular flexibility index (Phi) is 5.41. The lowest BCUT2D eigenvalue weighted by molar-refractivity contribution is 0.0958. The molecule has 0 saturated heterocycles. The van der Waals surface area contributed by atoms with Gasteiger partial charge in [-0.1, -0.05) is 24.3 Å². The molecule has 2 heterocycles. The van der Waals surface area contributed by atoms with Crippen molar-refractivity contribution in [2.45, 2.75) is 6.54 Å². The number of hydrogen-bond donors (Lipinski definition) is 0. The van der Waals surface area contributed by atoms with Gasteiger partial charge in [-0.25, -0.2) is 4.39 Å². The molecular formula is C22H15BrFNO2S. The molecule has 0 aliphatic heterocycles. The molecule has 0 fully saturated rings. The highest BCUT2D eigenvalue weighted by Gasteiger charge is 2.22. The van der Waals surface area contributed by atoms with Crippen LogP contribution in [0.15, 0.2) is 87.9 Å². The summed E-state index contributed by atoms with van der Waals surface area (Å²) in [6.45, 7) is 0.397. The van der Waals surface area contributed by atoms with Crippen molar-refractivity contribution >= 4 is 38.9 Å². The number of rotatable bonds is 5. The molecule has 4 aromatic rings. The molecule has 140 valence electrons. The van der Waals surface area contributed by atoms with E-state index >= 15 is 0 Å². The number of hydrogen-bond acceptors (Lipinski definition) is 3. The predicted octanol–water partition coefficient (Wildman–Crippen LogP) is 6.76. The molecule has 1 amide bonds. The summed E-state index contributed by atoms with van der Waals surface area (Å²) in [6, 6.07) is 21.3. The first-order valence-corrected chi connectivity index (χ1v) is 10.2. The normalized spacial score (nSPS) is 10.8. The van der Waals surface area contributed by atoms with Crippen molar-refractivity contribution < 1.29 is 13.6 Å². The van der Waals surface area contributed by atoms with Gasteiger partial charge in [0.1, 0.15) is 5.82 Å². The van der Waals surface area contributed by atoms with Crippen molar-refractivity contribution in [3.05, 3.63) is 100.0 Å². The number of halogens is 2. The molecule has 6 heteroatoms. The minimum absolute atomic E-state index is 0.214. The number of benzene rings is 2. The maximum Gasteiger partial charge on any atom is 0.294 e. The zero-order valence-electron chi connectivity index (χ0n) is 14.6. The van der Waals surface area contributed by atoms with Gasteiger partial charge in [0.05, 0.1) is 18.5 Å². The van der Waals surface area contributed by atoms with Crippen molar-refractivity contribution in [2.75, 3.05) is 4.90 Å². The van der Waals surface area contributed by atoms with Crippen LogP contribution in [0.5, 0.6) is 0 Å². The lowest BCUT2D eigenvalue weighted by Gasteiger charge is -2.22. The third-order valence-electron chi connectivity index (χ3n) is 4.22. The van der Waals surface area contributed by atoms with E-state index in [4.69, 9.17) is 4.42 Å². The molecular weight excluding hydrogens is 441 g/mol. The number of carbonyl (C=O) groups is 1. The van der Waals surface area contributed by atoms with Crippen LogP contribution in [0.3, 0.4) is 0 Å². The Morgan fingerprint density at radius 2 is 1.79 bits per heavy atom. The SMILES string of the molecule is O=C(c1ccco1)N(Cc1ccc(-c2ccc(F)cc2)s1)c1ccccc1Br. The van der Waals surface area contributed by atoms with Crippen molar-refractivity contribution in [1.82, 2.24) is 0 Å². The van der Waals surface area contributed by atoms with Gasteiger partial charge in [0.25, 0.3) is 5.91 Å². The van der Waals surface area contributed by atoms with Crippen LogP contribution in [0.25, 0.3) is 10.4 Å². The number of thiophene rings is 1. The first-order valence-electron chi connectivity index (χ1n) is 8.56. The molecule has 0 aliphatic rings. The van der Waals surface area contributed by atoms with Gasteiger partial charge in [0, 0.05) is 14.2 Å². The Bertz CT molecular complexity index is 1090. The molecule has 3 nitrogen and oxygen atoms in total. The fraction of sp³-hybridized carbons (Fsp3) is 0.0455. The Labute approximate surface area is 174 Å². The zero-order chi connectivity index (χ0) is 19.5. The number of nitrogens with zero attached hydrogens (tertiary/aromatic N) is 1. The minimum Gasteiger partial charge on any atom is -0.459 e. The Hall–Kier alpha value is -2.70. The standard InChI is InChI=1S/C22H15BrFNO2S/c23-18-4-1-2-5-19(18)25(22(26)20-6-3-13-27-20)14-17-11-12-21(28-17)15-7-9-16(24)10-8-15/h1-13H,14H2. The largest absolute Gasteiger partial charge is 0.459 e. The first kappa shape index (κ1) is 18.7. The molecule has 4 rings (SSSR count). The molecule has 0 radical (unpaired) electrons. The van der Waals surface area contributed by atoms with Gasteiger partial charge in [0.2, 0.25) is 0 Å². The fourth-order valence-corrected chi connectivity index (χ4v) is 4.36. The lowest BCUT2D eigenvalue weighted by Crippen LogP contribution is -2.30. The van der Waals surface area contributed by atoms with Crippen molar-refractivity contribution in [1.29, 1.82) is 0 Å². The summed E-state index contributed by atoms with van der Waals surface area (Å²) in [6.07, 6.45) is 1.49. The van der Waals surface area contributed by atoms with Crippen molar-refractivity contribution in [3.8, 4) is 10.4 Å². The number of carbonyl (C=O) groups excluding carboxylic acids is 1. The fourth-order valence-electron chi connectivity index (χ4n) is 2.86. The van der Waals surface area contributed by atoms with E-state index in [1.807, 2.05) is 36.4 Å². The van der Waals surface area contributed by atoms with Crippen molar-refractivity contribution in [3.63, 3.8) is 0 Å². The molecule has 0 aliphatic carbocycles. The topological polar surface area (TPSA) is 33.5 Å². The van der Waals surface area contributed by atoms with Gasteiger partial charge in [-0.05, 0) is 70.0 Å². The summed E-state index contributed by atoms with van der Waals surface area (Å²) < 4.78 is 19.3. The maximum atomic E-state index is 13.2. The summed E-state index contributed by atoms with van der Waals surface area (Å²) in [5.41, 5.74) is 1.71. The van der Waals surface area contributed by atoms with E-state index in [1.165, 1.54) is 18.4 Å². The summed E-state index contributed by atoms with van der Waals surface area (Å²) in [4.78, 5) is 16.8. The second-order valence-corrected chi connectivity index (χ2v) is 8.12. The van der Waals surface area contributed by atoms with Crippen LogP contribution < -0.4 is 4.90 Å². The number of furan rings is 1. The Morgan fingerprint density at radius 3 is 2.50 bits per heavy atom. The highest BCUT2D eigenvalue weighted by molar-refractivity contribution is 9.10. The first-order chi connectivity index (χ1) is 13.6. The number of anilines is 1. The molecule has 0 unspecified atom stereocenters. The molecule has 0 spiro atoms. The third kappa shape index (κ3) is 3.93. The average Bonchev–Trinajstić information content (AvgIpc) is 3.39. The molecule has 2 aromatic carbocycles. The van der Waals surface area contributed by atoms with E-state index in [2.05, 4.69) is 15.9 Å². The number of amides is 1. The van der Waals surface area contributed by atoms with Crippen LogP contribution in [0.1, 0.15) is 15.4 Å². The molecule has 0 atom stereocenters. The van der Waals surface area contributed by atoms with Crippen LogP contribution in [-0.2, 0) is 6.54 Å². The van der Waals surface area contributed by atoms with Crippen LogP contribution in [0.4, 0.5) is 10.1 Å². The Morgan fingerprint density at radius 1 is 1.00 bits per heavy atom. The van der Waals surface area contributed by atoms with Crippen molar-refractivity contribution in [2.24, 2.45) is 0 Å². The second kappa shape index (κ2) is 8.12.